The molecular formula is C29H39N5O. The molecule has 4 rings (SSSR count). The molecule has 2 aromatic heterocycles. The lowest BCUT2D eigenvalue weighted by atomic mass is 9.99. The predicted octanol–water partition coefficient (Wildman–Crippen LogP) is 5.19. The van der Waals surface area contributed by atoms with Crippen molar-refractivity contribution in [1.82, 2.24) is 24.3 Å². The van der Waals surface area contributed by atoms with E-state index in [1.165, 1.54) is 23.7 Å². The molecule has 2 aromatic rings. The Balaban J connectivity index is 0.00000108. The largest absolute Gasteiger partial charge is 0.367 e. The second kappa shape index (κ2) is 11.8. The van der Waals surface area contributed by atoms with Gasteiger partial charge in [-0.2, -0.15) is 0 Å². The molecule has 0 fully saturated rings. The molecule has 0 bridgehead atoms. The van der Waals surface area contributed by atoms with Crippen molar-refractivity contribution >= 4 is 11.8 Å². The Hall–Kier alpha value is -3.41. The molecule has 0 aliphatic carbocycles. The van der Waals surface area contributed by atoms with E-state index < -0.39 is 0 Å². The van der Waals surface area contributed by atoms with Crippen LogP contribution in [0.3, 0.4) is 0 Å². The molecule has 0 unspecified atom stereocenters. The molecule has 0 saturated heterocycles. The van der Waals surface area contributed by atoms with Crippen molar-refractivity contribution in [2.24, 2.45) is 7.05 Å². The zero-order valence-electron chi connectivity index (χ0n) is 22.1. The van der Waals surface area contributed by atoms with Crippen molar-refractivity contribution in [1.29, 1.82) is 0 Å². The molecular weight excluding hydrogens is 434 g/mol. The van der Waals surface area contributed by atoms with Crippen LogP contribution in [-0.4, -0.2) is 43.5 Å². The summed E-state index contributed by atoms with van der Waals surface area (Å²) in [5, 5.41) is 0. The van der Waals surface area contributed by atoms with Crippen molar-refractivity contribution in [3.8, 4) is 0 Å². The number of pyridine rings is 1. The minimum atomic E-state index is -0.0718. The van der Waals surface area contributed by atoms with E-state index in [2.05, 4.69) is 73.4 Å². The third-order valence-electron chi connectivity index (χ3n) is 6.24. The van der Waals surface area contributed by atoms with Gasteiger partial charge in [0.2, 0.25) is 0 Å². The average molecular weight is 474 g/mol. The van der Waals surface area contributed by atoms with E-state index in [4.69, 9.17) is 4.98 Å². The Morgan fingerprint density at radius 2 is 2.00 bits per heavy atom. The summed E-state index contributed by atoms with van der Waals surface area (Å²) in [6.07, 6.45) is 14.1. The summed E-state index contributed by atoms with van der Waals surface area (Å²) >= 11 is 0. The van der Waals surface area contributed by atoms with Gasteiger partial charge in [-0.25, -0.2) is 4.98 Å². The van der Waals surface area contributed by atoms with E-state index in [0.717, 1.165) is 48.6 Å². The maximum absolute atomic E-state index is 11.9. The van der Waals surface area contributed by atoms with Gasteiger partial charge in [-0.15, -0.1) is 0 Å². The zero-order valence-corrected chi connectivity index (χ0v) is 22.1. The lowest BCUT2D eigenvalue weighted by Gasteiger charge is -2.34. The fraction of sp³-hybridized carbons (Fsp3) is 0.414. The van der Waals surface area contributed by atoms with E-state index in [-0.39, 0.29) is 5.56 Å². The maximum Gasteiger partial charge on any atom is 0.253 e. The van der Waals surface area contributed by atoms with Gasteiger partial charge in [-0.05, 0) is 50.1 Å². The number of hydrogen-bond acceptors (Lipinski definition) is 5. The van der Waals surface area contributed by atoms with Crippen molar-refractivity contribution < 1.29 is 0 Å². The van der Waals surface area contributed by atoms with E-state index in [9.17, 15) is 4.79 Å². The monoisotopic (exact) mass is 473 g/mol. The Labute approximate surface area is 210 Å². The number of allylic oxidation sites excluding steroid dienone is 3. The molecule has 35 heavy (non-hydrogen) atoms. The number of fused-ring (bicyclic) bond motifs is 1. The van der Waals surface area contributed by atoms with Crippen LogP contribution in [0.1, 0.15) is 63.7 Å². The van der Waals surface area contributed by atoms with Gasteiger partial charge < -0.3 is 9.80 Å². The van der Waals surface area contributed by atoms with Gasteiger partial charge in [0, 0.05) is 80.3 Å². The third kappa shape index (κ3) is 6.18. The van der Waals surface area contributed by atoms with Crippen LogP contribution in [0.25, 0.3) is 11.8 Å². The minimum absolute atomic E-state index is 0.0718. The summed E-state index contributed by atoms with van der Waals surface area (Å²) < 4.78 is 1.55. The smallest absolute Gasteiger partial charge is 0.253 e. The van der Waals surface area contributed by atoms with Crippen LogP contribution in [-0.2, 0) is 20.0 Å². The number of aromatic nitrogens is 3. The van der Waals surface area contributed by atoms with Crippen molar-refractivity contribution in [2.75, 3.05) is 13.1 Å². The second-order valence-corrected chi connectivity index (χ2v) is 9.41. The lowest BCUT2D eigenvalue weighted by Crippen LogP contribution is -2.32. The first-order chi connectivity index (χ1) is 16.8. The molecule has 0 aromatic carbocycles. The molecule has 6 heteroatoms. The third-order valence-corrected chi connectivity index (χ3v) is 6.24. The number of nitrogens with zero attached hydrogens (tertiary/aromatic N) is 5. The summed E-state index contributed by atoms with van der Waals surface area (Å²) in [7, 11) is 1.73. The molecule has 0 spiro atoms. The van der Waals surface area contributed by atoms with Crippen LogP contribution in [0.2, 0.25) is 0 Å². The Bertz CT molecular complexity index is 1200. The molecule has 2 aliphatic rings. The first kappa shape index (κ1) is 26.2. The van der Waals surface area contributed by atoms with Crippen LogP contribution in [0.15, 0.2) is 65.4 Å². The highest BCUT2D eigenvalue weighted by Gasteiger charge is 2.22. The van der Waals surface area contributed by atoms with Gasteiger partial charge in [-0.1, -0.05) is 39.0 Å². The topological polar surface area (TPSA) is 54.3 Å². The van der Waals surface area contributed by atoms with Crippen molar-refractivity contribution in [2.45, 2.75) is 60.0 Å². The van der Waals surface area contributed by atoms with Crippen molar-refractivity contribution in [3.05, 3.63) is 93.6 Å². The fourth-order valence-corrected chi connectivity index (χ4v) is 4.22. The van der Waals surface area contributed by atoms with Crippen LogP contribution in [0.4, 0.5) is 0 Å². The summed E-state index contributed by atoms with van der Waals surface area (Å²) in [4.78, 5) is 25.7. The SMILES string of the molecule is C=C(/C(C)=C\c1nccc(=O)n1C)N1CCc2ncc(C3=CC=CCN3C(C)C)cc2C1.CCC. The molecule has 0 atom stereocenters. The Kier molecular flexibility index (Phi) is 8.85. The standard InChI is InChI=1S/C26H31N5O.C3H8/c1-18(2)31-12-7-6-8-24(31)21-15-22-17-30(13-10-23(22)28-16-21)20(4)19(3)14-25-27-11-9-26(32)29(25)5;1-3-2/h6-9,11,14-16,18H,4,10,12-13,17H2,1-3,5H3;3H2,1-2H3/b19-14-;. The number of rotatable bonds is 5. The molecule has 2 aliphatic heterocycles. The minimum Gasteiger partial charge on any atom is -0.367 e. The quantitative estimate of drug-likeness (QED) is 0.560. The first-order valence-corrected chi connectivity index (χ1v) is 12.5. The Morgan fingerprint density at radius 3 is 2.71 bits per heavy atom. The zero-order chi connectivity index (χ0) is 25.5. The molecule has 0 amide bonds. The molecule has 0 saturated carbocycles. The second-order valence-electron chi connectivity index (χ2n) is 9.41. The van der Waals surface area contributed by atoms with Crippen LogP contribution < -0.4 is 5.56 Å². The van der Waals surface area contributed by atoms with Gasteiger partial charge in [0.1, 0.15) is 5.82 Å². The molecule has 6 nitrogen and oxygen atoms in total. The highest BCUT2D eigenvalue weighted by molar-refractivity contribution is 5.67. The van der Waals surface area contributed by atoms with E-state index in [1.807, 2.05) is 19.2 Å². The predicted molar refractivity (Wildman–Crippen MR) is 146 cm³/mol. The van der Waals surface area contributed by atoms with Crippen LogP contribution in [0, 0.1) is 0 Å². The lowest BCUT2D eigenvalue weighted by molar-refractivity contribution is 0.326. The average Bonchev–Trinajstić information content (AvgIpc) is 2.86. The van der Waals surface area contributed by atoms with Gasteiger partial charge in [0.05, 0.1) is 0 Å². The van der Waals surface area contributed by atoms with E-state index in [1.54, 1.807) is 17.8 Å². The van der Waals surface area contributed by atoms with E-state index >= 15 is 0 Å². The molecule has 4 heterocycles. The Morgan fingerprint density at radius 1 is 1.26 bits per heavy atom. The van der Waals surface area contributed by atoms with E-state index in [0.29, 0.717) is 11.9 Å². The molecule has 0 N–H and O–H groups in total. The molecule has 186 valence electrons. The van der Waals surface area contributed by atoms with Crippen LogP contribution >= 0.6 is 0 Å². The molecule has 0 radical (unpaired) electrons. The normalized spacial score (nSPS) is 15.4. The summed E-state index contributed by atoms with van der Waals surface area (Å²) in [6.45, 7) is 17.6. The summed E-state index contributed by atoms with van der Waals surface area (Å²) in [6, 6.07) is 4.17. The van der Waals surface area contributed by atoms with Crippen LogP contribution in [0.5, 0.6) is 0 Å². The fourth-order valence-electron chi connectivity index (χ4n) is 4.22. The van der Waals surface area contributed by atoms with Crippen molar-refractivity contribution in [3.63, 3.8) is 0 Å². The maximum atomic E-state index is 11.9. The van der Waals surface area contributed by atoms with Gasteiger partial charge in [-0.3, -0.25) is 14.3 Å². The van der Waals surface area contributed by atoms with Gasteiger partial charge in [0.15, 0.2) is 0 Å². The summed E-state index contributed by atoms with van der Waals surface area (Å²) in [5.74, 6) is 0.628. The van der Waals surface area contributed by atoms with Gasteiger partial charge in [0.25, 0.3) is 5.56 Å². The number of hydrogen-bond donors (Lipinski definition) is 0. The highest BCUT2D eigenvalue weighted by atomic mass is 16.1. The van der Waals surface area contributed by atoms with Gasteiger partial charge >= 0.3 is 0 Å². The summed E-state index contributed by atoms with van der Waals surface area (Å²) in [5.41, 5.74) is 6.66. The first-order valence-electron chi connectivity index (χ1n) is 12.5. The highest BCUT2D eigenvalue weighted by Crippen LogP contribution is 2.29.